The molecule has 0 amide bonds. The van der Waals surface area contributed by atoms with Crippen molar-refractivity contribution in [3.63, 3.8) is 0 Å². The topological polar surface area (TPSA) is 29.5 Å². The van der Waals surface area contributed by atoms with E-state index in [1.807, 2.05) is 6.92 Å². The summed E-state index contributed by atoms with van der Waals surface area (Å²) in [5.41, 5.74) is 0.426. The minimum absolute atomic E-state index is 0.148. The van der Waals surface area contributed by atoms with Crippen molar-refractivity contribution in [2.24, 2.45) is 5.41 Å². The average molecular weight is 172 g/mol. The smallest absolute Gasteiger partial charge is 0.0512 e. The van der Waals surface area contributed by atoms with Crippen molar-refractivity contribution >= 4 is 0 Å². The van der Waals surface area contributed by atoms with Crippen molar-refractivity contribution in [2.75, 3.05) is 13.2 Å². The molecule has 0 spiro atoms. The summed E-state index contributed by atoms with van der Waals surface area (Å²) in [6.45, 7) is 5.97. The van der Waals surface area contributed by atoms with Crippen molar-refractivity contribution in [1.82, 2.24) is 0 Å². The summed E-state index contributed by atoms with van der Waals surface area (Å²) in [5.74, 6) is 0. The van der Waals surface area contributed by atoms with Gasteiger partial charge in [0.2, 0.25) is 0 Å². The van der Waals surface area contributed by atoms with Crippen LogP contribution in [0.1, 0.15) is 39.5 Å². The standard InChI is InChI=1S/C10H20O2/c1-9(11)3-4-10(2)5-7-12-8-6-10/h9,11H,3-8H2,1-2H3/t9-/m0/s1. The largest absolute Gasteiger partial charge is 0.393 e. The van der Waals surface area contributed by atoms with E-state index >= 15 is 0 Å². The fourth-order valence-corrected chi connectivity index (χ4v) is 1.67. The van der Waals surface area contributed by atoms with E-state index in [9.17, 15) is 0 Å². The fraction of sp³-hybridized carbons (Fsp3) is 1.00. The van der Waals surface area contributed by atoms with Crippen LogP contribution in [-0.4, -0.2) is 24.4 Å². The van der Waals surface area contributed by atoms with Gasteiger partial charge in [-0.25, -0.2) is 0 Å². The molecule has 2 heteroatoms. The van der Waals surface area contributed by atoms with Crippen LogP contribution in [0.15, 0.2) is 0 Å². The van der Waals surface area contributed by atoms with Crippen LogP contribution in [0.4, 0.5) is 0 Å². The van der Waals surface area contributed by atoms with E-state index in [1.54, 1.807) is 0 Å². The predicted molar refractivity (Wildman–Crippen MR) is 49.1 cm³/mol. The summed E-state index contributed by atoms with van der Waals surface area (Å²) in [6, 6.07) is 0. The van der Waals surface area contributed by atoms with Gasteiger partial charge in [0, 0.05) is 13.2 Å². The van der Waals surface area contributed by atoms with E-state index in [0.29, 0.717) is 5.41 Å². The van der Waals surface area contributed by atoms with Gasteiger partial charge in [-0.15, -0.1) is 0 Å². The third kappa shape index (κ3) is 3.11. The molecule has 2 nitrogen and oxygen atoms in total. The first-order valence-electron chi connectivity index (χ1n) is 4.88. The molecule has 1 saturated heterocycles. The molecule has 1 atom stereocenters. The van der Waals surface area contributed by atoms with Gasteiger partial charge in [-0.05, 0) is 38.0 Å². The molecule has 1 rings (SSSR count). The second-order valence-corrected chi connectivity index (χ2v) is 4.31. The molecule has 0 aromatic carbocycles. The predicted octanol–water partition coefficient (Wildman–Crippen LogP) is 1.96. The third-order valence-corrected chi connectivity index (χ3v) is 2.87. The zero-order chi connectivity index (χ0) is 9.03. The van der Waals surface area contributed by atoms with Crippen LogP contribution in [0, 0.1) is 5.41 Å². The van der Waals surface area contributed by atoms with Crippen LogP contribution >= 0.6 is 0 Å². The number of hydrogen-bond acceptors (Lipinski definition) is 2. The van der Waals surface area contributed by atoms with Crippen LogP contribution in [0.2, 0.25) is 0 Å². The monoisotopic (exact) mass is 172 g/mol. The maximum atomic E-state index is 9.17. The lowest BCUT2D eigenvalue weighted by Gasteiger charge is -2.33. The molecular formula is C10H20O2. The average Bonchev–Trinajstić information content (AvgIpc) is 2.03. The molecule has 0 unspecified atom stereocenters. The highest BCUT2D eigenvalue weighted by Gasteiger charge is 2.26. The Kier molecular flexibility index (Phi) is 3.53. The minimum Gasteiger partial charge on any atom is -0.393 e. The molecule has 72 valence electrons. The molecule has 1 aliphatic rings. The van der Waals surface area contributed by atoms with Crippen LogP contribution in [0.3, 0.4) is 0 Å². The first-order chi connectivity index (χ1) is 5.62. The van der Waals surface area contributed by atoms with Crippen molar-refractivity contribution < 1.29 is 9.84 Å². The van der Waals surface area contributed by atoms with Gasteiger partial charge in [0.05, 0.1) is 6.10 Å². The van der Waals surface area contributed by atoms with Gasteiger partial charge >= 0.3 is 0 Å². The highest BCUT2D eigenvalue weighted by molar-refractivity contribution is 4.77. The lowest BCUT2D eigenvalue weighted by Crippen LogP contribution is -2.27. The molecule has 0 aliphatic carbocycles. The summed E-state index contributed by atoms with van der Waals surface area (Å²) in [5, 5.41) is 9.17. The summed E-state index contributed by atoms with van der Waals surface area (Å²) in [6.07, 6.45) is 4.22. The summed E-state index contributed by atoms with van der Waals surface area (Å²) in [7, 11) is 0. The maximum absolute atomic E-state index is 9.17. The van der Waals surface area contributed by atoms with Crippen LogP contribution in [0.25, 0.3) is 0 Å². The zero-order valence-electron chi connectivity index (χ0n) is 8.18. The molecule has 0 saturated carbocycles. The number of aliphatic hydroxyl groups is 1. The number of ether oxygens (including phenoxy) is 1. The van der Waals surface area contributed by atoms with Crippen LogP contribution in [0.5, 0.6) is 0 Å². The number of hydrogen-bond donors (Lipinski definition) is 1. The van der Waals surface area contributed by atoms with E-state index in [4.69, 9.17) is 9.84 Å². The second kappa shape index (κ2) is 4.24. The zero-order valence-corrected chi connectivity index (χ0v) is 8.18. The Morgan fingerprint density at radius 2 is 2.00 bits per heavy atom. The SMILES string of the molecule is C[C@H](O)CCC1(C)CCOCC1. The van der Waals surface area contributed by atoms with Gasteiger partial charge in [-0.3, -0.25) is 0 Å². The fourth-order valence-electron chi connectivity index (χ4n) is 1.67. The molecule has 0 radical (unpaired) electrons. The molecule has 0 aromatic rings. The molecule has 12 heavy (non-hydrogen) atoms. The lowest BCUT2D eigenvalue weighted by atomic mass is 9.78. The maximum Gasteiger partial charge on any atom is 0.0512 e. The second-order valence-electron chi connectivity index (χ2n) is 4.31. The van der Waals surface area contributed by atoms with Gasteiger partial charge in [0.15, 0.2) is 0 Å². The van der Waals surface area contributed by atoms with Gasteiger partial charge < -0.3 is 9.84 Å². The molecule has 0 aromatic heterocycles. The van der Waals surface area contributed by atoms with Crippen molar-refractivity contribution in [3.05, 3.63) is 0 Å². The Labute approximate surface area is 74.9 Å². The number of aliphatic hydroxyl groups excluding tert-OH is 1. The summed E-state index contributed by atoms with van der Waals surface area (Å²) >= 11 is 0. The van der Waals surface area contributed by atoms with Crippen molar-refractivity contribution in [2.45, 2.75) is 45.6 Å². The Morgan fingerprint density at radius 3 is 2.50 bits per heavy atom. The first kappa shape index (κ1) is 10.0. The molecule has 1 aliphatic heterocycles. The third-order valence-electron chi connectivity index (χ3n) is 2.87. The highest BCUT2D eigenvalue weighted by atomic mass is 16.5. The Hall–Kier alpha value is -0.0800. The Balaban J connectivity index is 2.26. The van der Waals surface area contributed by atoms with Crippen molar-refractivity contribution in [1.29, 1.82) is 0 Å². The molecule has 1 N–H and O–H groups in total. The number of rotatable bonds is 3. The van der Waals surface area contributed by atoms with Gasteiger partial charge in [0.1, 0.15) is 0 Å². The van der Waals surface area contributed by atoms with Gasteiger partial charge in [-0.2, -0.15) is 0 Å². The molecule has 1 fully saturated rings. The first-order valence-corrected chi connectivity index (χ1v) is 4.88. The lowest BCUT2D eigenvalue weighted by molar-refractivity contribution is 0.0130. The van der Waals surface area contributed by atoms with E-state index in [-0.39, 0.29) is 6.10 Å². The van der Waals surface area contributed by atoms with E-state index < -0.39 is 0 Å². The van der Waals surface area contributed by atoms with Crippen molar-refractivity contribution in [3.8, 4) is 0 Å². The minimum atomic E-state index is -0.148. The highest BCUT2D eigenvalue weighted by Crippen LogP contribution is 2.34. The molecule has 1 heterocycles. The van der Waals surface area contributed by atoms with Crippen LogP contribution in [-0.2, 0) is 4.74 Å². The summed E-state index contributed by atoms with van der Waals surface area (Å²) in [4.78, 5) is 0. The Morgan fingerprint density at radius 1 is 1.42 bits per heavy atom. The summed E-state index contributed by atoms with van der Waals surface area (Å²) < 4.78 is 5.31. The molecular weight excluding hydrogens is 152 g/mol. The van der Waals surface area contributed by atoms with Gasteiger partial charge in [0.25, 0.3) is 0 Å². The van der Waals surface area contributed by atoms with Crippen LogP contribution < -0.4 is 0 Å². The quantitative estimate of drug-likeness (QED) is 0.705. The Bertz CT molecular complexity index is 126. The van der Waals surface area contributed by atoms with E-state index in [1.165, 1.54) is 0 Å². The van der Waals surface area contributed by atoms with E-state index in [0.717, 1.165) is 38.9 Å². The normalized spacial score (nSPS) is 25.2. The van der Waals surface area contributed by atoms with Gasteiger partial charge in [-0.1, -0.05) is 6.92 Å². The molecule has 0 bridgehead atoms. The van der Waals surface area contributed by atoms with E-state index in [2.05, 4.69) is 6.92 Å².